The highest BCUT2D eigenvalue weighted by Crippen LogP contribution is 2.29. The Morgan fingerprint density at radius 1 is 1.00 bits per heavy atom. The minimum atomic E-state index is -1.18. The van der Waals surface area contributed by atoms with Crippen LogP contribution in [-0.4, -0.2) is 33.8 Å². The molecule has 0 saturated carbocycles. The number of hydrogen-bond donors (Lipinski definition) is 0. The summed E-state index contributed by atoms with van der Waals surface area (Å²) in [6.45, 7) is 1.80. The lowest BCUT2D eigenvalue weighted by molar-refractivity contribution is -0.151. The van der Waals surface area contributed by atoms with Gasteiger partial charge in [0.2, 0.25) is 6.10 Å². The van der Waals surface area contributed by atoms with Crippen LogP contribution in [0.25, 0.3) is 22.3 Å². The molecule has 0 fully saturated rings. The Labute approximate surface area is 179 Å². The topological polar surface area (TPSA) is 83.3 Å². The lowest BCUT2D eigenvalue weighted by Gasteiger charge is -2.17. The van der Waals surface area contributed by atoms with Gasteiger partial charge >= 0.3 is 11.9 Å². The molecule has 2 aromatic heterocycles. The number of aromatic nitrogens is 3. The number of carbonyl (C=O) groups is 2. The van der Waals surface area contributed by atoms with Crippen molar-refractivity contribution < 1.29 is 19.1 Å². The molecule has 0 saturated heterocycles. The van der Waals surface area contributed by atoms with E-state index in [9.17, 15) is 9.59 Å². The molecule has 31 heavy (non-hydrogen) atoms. The van der Waals surface area contributed by atoms with E-state index in [4.69, 9.17) is 14.5 Å². The van der Waals surface area contributed by atoms with Gasteiger partial charge in [-0.3, -0.25) is 4.68 Å². The molecule has 2 heterocycles. The van der Waals surface area contributed by atoms with Crippen molar-refractivity contribution in [1.82, 2.24) is 14.8 Å². The first-order valence-corrected chi connectivity index (χ1v) is 9.73. The van der Waals surface area contributed by atoms with Crippen LogP contribution in [0.3, 0.4) is 0 Å². The van der Waals surface area contributed by atoms with Gasteiger partial charge in [-0.1, -0.05) is 60.7 Å². The van der Waals surface area contributed by atoms with Crippen LogP contribution in [0.15, 0.2) is 66.7 Å². The molecule has 156 valence electrons. The van der Waals surface area contributed by atoms with E-state index in [1.54, 1.807) is 49.0 Å². The molecule has 0 radical (unpaired) electrons. The molecule has 0 bridgehead atoms. The number of pyridine rings is 1. The normalized spacial score (nSPS) is 11.8. The molecule has 7 nitrogen and oxygen atoms in total. The number of benzene rings is 2. The molecule has 0 aliphatic rings. The third-order valence-electron chi connectivity index (χ3n) is 5.00. The highest BCUT2D eigenvalue weighted by molar-refractivity contribution is 6.05. The number of nitrogens with zero attached hydrogens (tertiary/aromatic N) is 3. The summed E-state index contributed by atoms with van der Waals surface area (Å²) in [6, 6.07) is 20.0. The molecule has 7 heteroatoms. The summed E-state index contributed by atoms with van der Waals surface area (Å²) < 4.78 is 12.2. The minimum absolute atomic E-state index is 0.291. The highest BCUT2D eigenvalue weighted by Gasteiger charge is 2.28. The summed E-state index contributed by atoms with van der Waals surface area (Å²) >= 11 is 0. The molecule has 0 amide bonds. The van der Waals surface area contributed by atoms with Gasteiger partial charge in [-0.15, -0.1) is 0 Å². The SMILES string of the molecule is COC(=O)C(OC(=O)c1cc(-c2ccccc2)nc2c1c(C)nn2C)c1ccccc1. The first-order chi connectivity index (χ1) is 15.0. The Kier molecular flexibility index (Phi) is 5.49. The Morgan fingerprint density at radius 3 is 2.29 bits per heavy atom. The van der Waals surface area contributed by atoms with Gasteiger partial charge in [-0.25, -0.2) is 14.6 Å². The smallest absolute Gasteiger partial charge is 0.351 e. The lowest BCUT2D eigenvalue weighted by Crippen LogP contribution is -2.21. The van der Waals surface area contributed by atoms with Crippen molar-refractivity contribution in [1.29, 1.82) is 0 Å². The van der Waals surface area contributed by atoms with Crippen molar-refractivity contribution in [3.05, 3.63) is 83.6 Å². The van der Waals surface area contributed by atoms with Crippen molar-refractivity contribution in [3.8, 4) is 11.3 Å². The van der Waals surface area contributed by atoms with Crippen molar-refractivity contribution >= 4 is 23.0 Å². The average molecular weight is 415 g/mol. The van der Waals surface area contributed by atoms with E-state index in [1.165, 1.54) is 7.11 Å². The molecule has 2 aromatic carbocycles. The van der Waals surface area contributed by atoms with Crippen LogP contribution in [0.1, 0.15) is 27.7 Å². The number of rotatable bonds is 5. The third-order valence-corrected chi connectivity index (χ3v) is 5.00. The molecule has 4 rings (SSSR count). The van der Waals surface area contributed by atoms with Gasteiger partial charge in [-0.2, -0.15) is 5.10 Å². The second kappa shape index (κ2) is 8.39. The predicted octanol–water partition coefficient (Wildman–Crippen LogP) is 4.01. The Balaban J connectivity index is 1.82. The molecular formula is C24H21N3O4. The van der Waals surface area contributed by atoms with Gasteiger partial charge in [0, 0.05) is 18.2 Å². The van der Waals surface area contributed by atoms with Crippen LogP contribution in [0.4, 0.5) is 0 Å². The first kappa shape index (κ1) is 20.3. The number of fused-ring (bicyclic) bond motifs is 1. The van der Waals surface area contributed by atoms with E-state index in [-0.39, 0.29) is 0 Å². The summed E-state index contributed by atoms with van der Waals surface area (Å²) in [6.07, 6.45) is -1.18. The molecule has 0 N–H and O–H groups in total. The quantitative estimate of drug-likeness (QED) is 0.458. The number of methoxy groups -OCH3 is 1. The van der Waals surface area contributed by atoms with Gasteiger partial charge in [-0.05, 0) is 13.0 Å². The Bertz CT molecular complexity index is 1250. The van der Waals surface area contributed by atoms with Gasteiger partial charge in [0.15, 0.2) is 5.65 Å². The zero-order chi connectivity index (χ0) is 22.0. The number of esters is 2. The monoisotopic (exact) mass is 415 g/mol. The largest absolute Gasteiger partial charge is 0.466 e. The van der Waals surface area contributed by atoms with Crippen LogP contribution in [0.5, 0.6) is 0 Å². The third kappa shape index (κ3) is 3.90. The maximum atomic E-state index is 13.3. The van der Waals surface area contributed by atoms with E-state index in [0.717, 1.165) is 5.56 Å². The fraction of sp³-hybridized carbons (Fsp3) is 0.167. The minimum Gasteiger partial charge on any atom is -0.466 e. The second-order valence-corrected chi connectivity index (χ2v) is 7.05. The van der Waals surface area contributed by atoms with E-state index in [0.29, 0.717) is 33.5 Å². The molecule has 0 aliphatic carbocycles. The fourth-order valence-electron chi connectivity index (χ4n) is 3.52. The van der Waals surface area contributed by atoms with Gasteiger partial charge in [0.05, 0.1) is 29.4 Å². The molecule has 1 unspecified atom stereocenters. The van der Waals surface area contributed by atoms with Crippen molar-refractivity contribution in [2.75, 3.05) is 7.11 Å². The maximum absolute atomic E-state index is 13.3. The fourth-order valence-corrected chi connectivity index (χ4v) is 3.52. The van der Waals surface area contributed by atoms with Crippen LogP contribution < -0.4 is 0 Å². The van der Waals surface area contributed by atoms with Crippen LogP contribution in [0, 0.1) is 6.92 Å². The molecular weight excluding hydrogens is 394 g/mol. The molecule has 1 atom stereocenters. The molecule has 0 aliphatic heterocycles. The number of aryl methyl sites for hydroxylation is 2. The summed E-state index contributed by atoms with van der Waals surface area (Å²) in [7, 11) is 3.03. The summed E-state index contributed by atoms with van der Waals surface area (Å²) in [5.41, 5.74) is 3.48. The molecule has 0 spiro atoms. The lowest BCUT2D eigenvalue weighted by atomic mass is 10.1. The summed E-state index contributed by atoms with van der Waals surface area (Å²) in [5.74, 6) is -1.31. The predicted molar refractivity (Wildman–Crippen MR) is 115 cm³/mol. The Hall–Kier alpha value is -4.00. The number of carbonyl (C=O) groups excluding carboxylic acids is 2. The van der Waals surface area contributed by atoms with E-state index >= 15 is 0 Å². The standard InChI is InChI=1S/C24H21N3O4/c1-15-20-18(23(28)31-21(24(29)30-3)17-12-8-5-9-13-17)14-19(16-10-6-4-7-11-16)25-22(20)27(2)26-15/h4-14,21H,1-3H3. The second-order valence-electron chi connectivity index (χ2n) is 7.05. The van der Waals surface area contributed by atoms with Crippen LogP contribution >= 0.6 is 0 Å². The van der Waals surface area contributed by atoms with Gasteiger partial charge in [0.1, 0.15) is 0 Å². The van der Waals surface area contributed by atoms with Crippen LogP contribution in [0.2, 0.25) is 0 Å². The highest BCUT2D eigenvalue weighted by atomic mass is 16.6. The van der Waals surface area contributed by atoms with Crippen LogP contribution in [-0.2, 0) is 21.3 Å². The van der Waals surface area contributed by atoms with Crippen molar-refractivity contribution in [3.63, 3.8) is 0 Å². The van der Waals surface area contributed by atoms with Gasteiger partial charge < -0.3 is 9.47 Å². The van der Waals surface area contributed by atoms with E-state index < -0.39 is 18.0 Å². The zero-order valence-electron chi connectivity index (χ0n) is 17.4. The van der Waals surface area contributed by atoms with E-state index in [2.05, 4.69) is 5.10 Å². The van der Waals surface area contributed by atoms with Crippen molar-refractivity contribution in [2.24, 2.45) is 7.05 Å². The maximum Gasteiger partial charge on any atom is 0.351 e. The van der Waals surface area contributed by atoms with Crippen molar-refractivity contribution in [2.45, 2.75) is 13.0 Å². The summed E-state index contributed by atoms with van der Waals surface area (Å²) in [4.78, 5) is 30.4. The Morgan fingerprint density at radius 2 is 1.65 bits per heavy atom. The molecule has 4 aromatic rings. The average Bonchev–Trinajstić information content (AvgIpc) is 3.10. The zero-order valence-corrected chi connectivity index (χ0v) is 17.4. The summed E-state index contributed by atoms with van der Waals surface area (Å²) in [5, 5.41) is 5.00. The number of hydrogen-bond acceptors (Lipinski definition) is 6. The van der Waals surface area contributed by atoms with E-state index in [1.807, 2.05) is 36.4 Å². The van der Waals surface area contributed by atoms with Gasteiger partial charge in [0.25, 0.3) is 0 Å². The number of ether oxygens (including phenoxy) is 2. The first-order valence-electron chi connectivity index (χ1n) is 9.73.